The second kappa shape index (κ2) is 5.87. The van der Waals surface area contributed by atoms with Gasteiger partial charge in [0.15, 0.2) is 0 Å². The van der Waals surface area contributed by atoms with Crippen molar-refractivity contribution in [2.75, 3.05) is 20.1 Å². The Morgan fingerprint density at radius 3 is 2.50 bits per heavy atom. The third kappa shape index (κ3) is 2.51. The number of likely N-dealkylation sites (N-methyl/N-ethyl adjacent to an activating group) is 1. The molecule has 1 saturated heterocycles. The summed E-state index contributed by atoms with van der Waals surface area (Å²) in [5.74, 6) is 1.78. The number of fused-ring (bicyclic) bond motifs is 1. The average Bonchev–Trinajstić information content (AvgIpc) is 2.85. The normalized spacial score (nSPS) is 28.0. The summed E-state index contributed by atoms with van der Waals surface area (Å²) in [5, 5.41) is 3.56. The lowest BCUT2D eigenvalue weighted by molar-refractivity contribution is 0.100. The maximum absolute atomic E-state index is 3.56. The lowest BCUT2D eigenvalue weighted by Gasteiger charge is -2.39. The molecule has 1 aromatic rings. The molecular formula is C18H28N2. The number of benzene rings is 1. The minimum absolute atomic E-state index is 0.516. The van der Waals surface area contributed by atoms with E-state index in [0.717, 1.165) is 11.8 Å². The van der Waals surface area contributed by atoms with Gasteiger partial charge < -0.3 is 5.32 Å². The van der Waals surface area contributed by atoms with Gasteiger partial charge >= 0.3 is 0 Å². The third-order valence-corrected chi connectivity index (χ3v) is 5.50. The second-order valence-corrected chi connectivity index (χ2v) is 6.85. The van der Waals surface area contributed by atoms with Crippen LogP contribution in [0, 0.1) is 11.8 Å². The first-order valence-electron chi connectivity index (χ1n) is 8.20. The summed E-state index contributed by atoms with van der Waals surface area (Å²) in [6.45, 7) is 7.31. The summed E-state index contributed by atoms with van der Waals surface area (Å²) < 4.78 is 0. The molecular weight excluding hydrogens is 244 g/mol. The van der Waals surface area contributed by atoms with Crippen molar-refractivity contribution in [1.82, 2.24) is 10.2 Å². The highest BCUT2D eigenvalue weighted by Crippen LogP contribution is 2.36. The summed E-state index contributed by atoms with van der Waals surface area (Å²) >= 11 is 0. The molecule has 1 N–H and O–H groups in total. The van der Waals surface area contributed by atoms with Gasteiger partial charge in [0.2, 0.25) is 0 Å². The smallest absolute Gasteiger partial charge is 0.0481 e. The third-order valence-electron chi connectivity index (χ3n) is 5.50. The second-order valence-electron chi connectivity index (χ2n) is 6.85. The van der Waals surface area contributed by atoms with Crippen LogP contribution in [-0.2, 0) is 6.42 Å². The van der Waals surface area contributed by atoms with Crippen molar-refractivity contribution in [1.29, 1.82) is 0 Å². The molecule has 0 spiro atoms. The van der Waals surface area contributed by atoms with Gasteiger partial charge in [-0.25, -0.2) is 0 Å². The predicted molar refractivity (Wildman–Crippen MR) is 84.9 cm³/mol. The van der Waals surface area contributed by atoms with Crippen LogP contribution in [0.3, 0.4) is 0 Å². The van der Waals surface area contributed by atoms with Crippen LogP contribution in [-0.4, -0.2) is 31.1 Å². The Morgan fingerprint density at radius 2 is 1.85 bits per heavy atom. The van der Waals surface area contributed by atoms with E-state index in [0.29, 0.717) is 12.1 Å². The Morgan fingerprint density at radius 1 is 1.15 bits per heavy atom. The van der Waals surface area contributed by atoms with E-state index in [1.54, 1.807) is 5.56 Å². The summed E-state index contributed by atoms with van der Waals surface area (Å²) in [6.07, 6.45) is 3.97. The van der Waals surface area contributed by atoms with E-state index in [1.165, 1.54) is 37.9 Å². The van der Waals surface area contributed by atoms with Crippen molar-refractivity contribution in [3.63, 3.8) is 0 Å². The fourth-order valence-electron chi connectivity index (χ4n) is 4.18. The van der Waals surface area contributed by atoms with Crippen LogP contribution in [0.25, 0.3) is 0 Å². The monoisotopic (exact) mass is 272 g/mol. The van der Waals surface area contributed by atoms with Crippen LogP contribution in [0.4, 0.5) is 0 Å². The Labute approximate surface area is 123 Å². The Kier molecular flexibility index (Phi) is 4.13. The van der Waals surface area contributed by atoms with Crippen LogP contribution >= 0.6 is 0 Å². The van der Waals surface area contributed by atoms with Crippen molar-refractivity contribution >= 4 is 0 Å². The van der Waals surface area contributed by atoms with Gasteiger partial charge in [-0.15, -0.1) is 0 Å². The molecule has 2 nitrogen and oxygen atoms in total. The Bertz CT molecular complexity index is 446. The highest BCUT2D eigenvalue weighted by atomic mass is 15.2. The number of piperidine rings is 1. The summed E-state index contributed by atoms with van der Waals surface area (Å²) in [5.41, 5.74) is 3.06. The first-order chi connectivity index (χ1) is 9.70. The van der Waals surface area contributed by atoms with Gasteiger partial charge in [0.1, 0.15) is 0 Å². The lowest BCUT2D eigenvalue weighted by atomic mass is 9.86. The Hall–Kier alpha value is -0.860. The van der Waals surface area contributed by atoms with E-state index in [4.69, 9.17) is 0 Å². The van der Waals surface area contributed by atoms with Gasteiger partial charge in [-0.1, -0.05) is 38.1 Å². The zero-order valence-electron chi connectivity index (χ0n) is 13.1. The zero-order valence-corrected chi connectivity index (χ0v) is 13.1. The van der Waals surface area contributed by atoms with E-state index < -0.39 is 0 Å². The molecule has 2 atom stereocenters. The van der Waals surface area contributed by atoms with Crippen LogP contribution in [0.1, 0.15) is 43.9 Å². The van der Waals surface area contributed by atoms with Crippen LogP contribution in [0.2, 0.25) is 0 Å². The average molecular weight is 272 g/mol. The van der Waals surface area contributed by atoms with Crippen LogP contribution in [0.5, 0.6) is 0 Å². The van der Waals surface area contributed by atoms with Crippen molar-refractivity contribution in [3.05, 3.63) is 35.4 Å². The Balaban J connectivity index is 1.70. The van der Waals surface area contributed by atoms with Crippen molar-refractivity contribution in [3.8, 4) is 0 Å². The van der Waals surface area contributed by atoms with E-state index in [-0.39, 0.29) is 0 Å². The molecule has 2 aliphatic rings. The van der Waals surface area contributed by atoms with Crippen molar-refractivity contribution < 1.29 is 0 Å². The number of hydrogen-bond donors (Lipinski definition) is 1. The molecule has 1 aromatic carbocycles. The summed E-state index contributed by atoms with van der Waals surface area (Å²) in [6, 6.07) is 10.1. The maximum Gasteiger partial charge on any atom is 0.0481 e. The van der Waals surface area contributed by atoms with Crippen LogP contribution < -0.4 is 5.32 Å². The lowest BCUT2D eigenvalue weighted by Crippen LogP contribution is -2.46. The number of likely N-dealkylation sites (tertiary alicyclic amines) is 1. The van der Waals surface area contributed by atoms with Crippen LogP contribution in [0.15, 0.2) is 24.3 Å². The van der Waals surface area contributed by atoms with E-state index in [2.05, 4.69) is 55.4 Å². The molecule has 0 amide bonds. The van der Waals surface area contributed by atoms with E-state index in [1.807, 2.05) is 0 Å². The first kappa shape index (κ1) is 14.1. The van der Waals surface area contributed by atoms with Gasteiger partial charge in [-0.2, -0.15) is 0 Å². The van der Waals surface area contributed by atoms with Gasteiger partial charge in [0, 0.05) is 12.1 Å². The van der Waals surface area contributed by atoms with Gasteiger partial charge in [0.05, 0.1) is 0 Å². The fourth-order valence-corrected chi connectivity index (χ4v) is 4.18. The quantitative estimate of drug-likeness (QED) is 0.909. The number of nitrogens with one attached hydrogen (secondary N) is 1. The molecule has 2 heteroatoms. The SMILES string of the molecule is CNC1c2ccccc2CC1N1CCC(C(C)C)CC1. The molecule has 1 heterocycles. The summed E-state index contributed by atoms with van der Waals surface area (Å²) in [4.78, 5) is 2.74. The minimum atomic E-state index is 0.516. The predicted octanol–water partition coefficient (Wildman–Crippen LogP) is 3.24. The van der Waals surface area contributed by atoms with Gasteiger partial charge in [0.25, 0.3) is 0 Å². The van der Waals surface area contributed by atoms with Gasteiger partial charge in [-0.3, -0.25) is 4.90 Å². The highest BCUT2D eigenvalue weighted by Gasteiger charge is 2.36. The molecule has 1 aliphatic carbocycles. The molecule has 0 radical (unpaired) electrons. The largest absolute Gasteiger partial charge is 0.312 e. The molecule has 0 bridgehead atoms. The molecule has 1 aliphatic heterocycles. The number of nitrogens with zero attached hydrogens (tertiary/aromatic N) is 1. The zero-order chi connectivity index (χ0) is 14.1. The molecule has 20 heavy (non-hydrogen) atoms. The topological polar surface area (TPSA) is 15.3 Å². The maximum atomic E-state index is 3.56. The molecule has 0 aromatic heterocycles. The number of hydrogen-bond acceptors (Lipinski definition) is 2. The standard InChI is InChI=1S/C18H28N2/c1-13(2)14-8-10-20(11-9-14)17-12-15-6-4-5-7-16(15)18(17)19-3/h4-7,13-14,17-19H,8-12H2,1-3H3. The molecule has 2 unspecified atom stereocenters. The highest BCUT2D eigenvalue weighted by molar-refractivity contribution is 5.37. The molecule has 0 saturated carbocycles. The fraction of sp³-hybridized carbons (Fsp3) is 0.667. The molecule has 3 rings (SSSR count). The number of rotatable bonds is 3. The van der Waals surface area contributed by atoms with Crippen molar-refractivity contribution in [2.45, 2.75) is 45.2 Å². The van der Waals surface area contributed by atoms with E-state index >= 15 is 0 Å². The van der Waals surface area contributed by atoms with Gasteiger partial charge in [-0.05, 0) is 62.4 Å². The first-order valence-corrected chi connectivity index (χ1v) is 8.20. The summed E-state index contributed by atoms with van der Waals surface area (Å²) in [7, 11) is 2.11. The van der Waals surface area contributed by atoms with Crippen molar-refractivity contribution in [2.24, 2.45) is 11.8 Å². The van der Waals surface area contributed by atoms with E-state index in [9.17, 15) is 0 Å². The minimum Gasteiger partial charge on any atom is -0.312 e. The molecule has 1 fully saturated rings. The molecule has 110 valence electrons.